The van der Waals surface area contributed by atoms with Gasteiger partial charge >= 0.3 is 0 Å². The van der Waals surface area contributed by atoms with Crippen molar-refractivity contribution < 1.29 is 4.74 Å². The Balaban J connectivity index is 1.99. The third kappa shape index (κ3) is 5.01. The molecule has 0 saturated carbocycles. The molecule has 0 aromatic heterocycles. The van der Waals surface area contributed by atoms with Crippen molar-refractivity contribution in [3.8, 4) is 5.75 Å². The maximum absolute atomic E-state index is 5.89. The van der Waals surface area contributed by atoms with Gasteiger partial charge in [0.2, 0.25) is 0 Å². The van der Waals surface area contributed by atoms with Crippen molar-refractivity contribution in [2.45, 2.75) is 46.2 Å². The predicted molar refractivity (Wildman–Crippen MR) is 88.8 cm³/mol. The molecule has 1 unspecified atom stereocenters. The van der Waals surface area contributed by atoms with Gasteiger partial charge in [0.1, 0.15) is 12.4 Å². The lowest BCUT2D eigenvalue weighted by atomic mass is 10.1. The maximum atomic E-state index is 5.89. The second-order valence-corrected chi connectivity index (χ2v) is 6.42. The van der Waals surface area contributed by atoms with Crippen LogP contribution < -0.4 is 10.1 Å². The van der Waals surface area contributed by atoms with Gasteiger partial charge in [-0.2, -0.15) is 0 Å². The van der Waals surface area contributed by atoms with Crippen LogP contribution in [0.2, 0.25) is 0 Å². The van der Waals surface area contributed by atoms with Crippen molar-refractivity contribution in [3.63, 3.8) is 0 Å². The van der Waals surface area contributed by atoms with E-state index < -0.39 is 0 Å². The van der Waals surface area contributed by atoms with E-state index in [0.29, 0.717) is 12.0 Å². The minimum absolute atomic E-state index is 0.600. The second-order valence-electron chi connectivity index (χ2n) is 6.42. The monoisotopic (exact) mass is 290 g/mol. The molecule has 0 saturated heterocycles. The average molecular weight is 290 g/mol. The van der Waals surface area contributed by atoms with Gasteiger partial charge in [-0.05, 0) is 24.9 Å². The molecule has 0 spiro atoms. The Morgan fingerprint density at radius 1 is 1.24 bits per heavy atom. The molecule has 2 rings (SSSR count). The SMILES string of the molecule is CCCC(CNCC(C)C)N1CCOc2ccccc2C1. The number of nitrogens with zero attached hydrogens (tertiary/aromatic N) is 1. The zero-order chi connectivity index (χ0) is 15.1. The molecule has 1 atom stereocenters. The molecule has 1 N–H and O–H groups in total. The van der Waals surface area contributed by atoms with Gasteiger partial charge in [0.05, 0.1) is 0 Å². The quantitative estimate of drug-likeness (QED) is 0.834. The highest BCUT2D eigenvalue weighted by molar-refractivity contribution is 5.33. The molecule has 0 aliphatic carbocycles. The highest BCUT2D eigenvalue weighted by Gasteiger charge is 2.21. The molecule has 21 heavy (non-hydrogen) atoms. The Labute approximate surface area is 129 Å². The summed E-state index contributed by atoms with van der Waals surface area (Å²) in [6.45, 7) is 11.8. The fourth-order valence-corrected chi connectivity index (χ4v) is 2.94. The molecule has 1 aromatic rings. The Morgan fingerprint density at radius 3 is 2.81 bits per heavy atom. The van der Waals surface area contributed by atoms with E-state index in [9.17, 15) is 0 Å². The Kier molecular flexibility index (Phi) is 6.52. The van der Waals surface area contributed by atoms with Crippen LogP contribution >= 0.6 is 0 Å². The summed E-state index contributed by atoms with van der Waals surface area (Å²) in [5.74, 6) is 1.77. The first-order chi connectivity index (χ1) is 10.2. The van der Waals surface area contributed by atoms with Crippen LogP contribution in [0.4, 0.5) is 0 Å². The first-order valence-corrected chi connectivity index (χ1v) is 8.36. The van der Waals surface area contributed by atoms with Crippen LogP contribution in [-0.2, 0) is 6.54 Å². The molecule has 1 heterocycles. The summed E-state index contributed by atoms with van der Waals surface area (Å²) in [5.41, 5.74) is 1.32. The van der Waals surface area contributed by atoms with E-state index >= 15 is 0 Å². The number of ether oxygens (including phenoxy) is 1. The molecule has 118 valence electrons. The molecular weight excluding hydrogens is 260 g/mol. The highest BCUT2D eigenvalue weighted by Crippen LogP contribution is 2.24. The summed E-state index contributed by atoms with van der Waals surface area (Å²) in [7, 11) is 0. The summed E-state index contributed by atoms with van der Waals surface area (Å²) in [6, 6.07) is 9.05. The van der Waals surface area contributed by atoms with Crippen LogP contribution in [0, 0.1) is 5.92 Å². The van der Waals surface area contributed by atoms with E-state index in [-0.39, 0.29) is 0 Å². The molecule has 1 aromatic carbocycles. The van der Waals surface area contributed by atoms with Crippen LogP contribution in [0.3, 0.4) is 0 Å². The predicted octanol–water partition coefficient (Wildman–Crippen LogP) is 3.30. The normalized spacial score (nSPS) is 17.1. The summed E-state index contributed by atoms with van der Waals surface area (Å²) >= 11 is 0. The molecule has 3 heteroatoms. The van der Waals surface area contributed by atoms with Crippen LogP contribution in [0.1, 0.15) is 39.2 Å². The van der Waals surface area contributed by atoms with Crippen molar-refractivity contribution >= 4 is 0 Å². The van der Waals surface area contributed by atoms with E-state index in [1.165, 1.54) is 18.4 Å². The number of rotatable bonds is 7. The third-order valence-electron chi connectivity index (χ3n) is 4.05. The molecule has 0 bridgehead atoms. The number of hydrogen-bond acceptors (Lipinski definition) is 3. The van der Waals surface area contributed by atoms with Gasteiger partial charge in [0, 0.05) is 31.2 Å². The van der Waals surface area contributed by atoms with Gasteiger partial charge in [-0.25, -0.2) is 0 Å². The minimum Gasteiger partial charge on any atom is -0.492 e. The number of para-hydroxylation sites is 1. The molecule has 0 radical (unpaired) electrons. The van der Waals surface area contributed by atoms with E-state index in [1.807, 2.05) is 0 Å². The van der Waals surface area contributed by atoms with Gasteiger partial charge in [-0.1, -0.05) is 45.4 Å². The van der Waals surface area contributed by atoms with Crippen molar-refractivity contribution in [1.29, 1.82) is 0 Å². The highest BCUT2D eigenvalue weighted by atomic mass is 16.5. The summed E-state index contributed by atoms with van der Waals surface area (Å²) < 4.78 is 5.89. The van der Waals surface area contributed by atoms with Crippen LogP contribution in [0.25, 0.3) is 0 Å². The van der Waals surface area contributed by atoms with E-state index in [4.69, 9.17) is 4.74 Å². The number of nitrogens with one attached hydrogen (secondary N) is 1. The first kappa shape index (κ1) is 16.3. The Bertz CT molecular complexity index is 419. The topological polar surface area (TPSA) is 24.5 Å². The molecular formula is C18H30N2O. The first-order valence-electron chi connectivity index (χ1n) is 8.36. The smallest absolute Gasteiger partial charge is 0.123 e. The Hall–Kier alpha value is -1.06. The summed E-state index contributed by atoms with van der Waals surface area (Å²) in [4.78, 5) is 2.59. The van der Waals surface area contributed by atoms with Crippen LogP contribution in [0.15, 0.2) is 24.3 Å². The summed E-state index contributed by atoms with van der Waals surface area (Å²) in [5, 5.41) is 3.63. The van der Waals surface area contributed by atoms with Gasteiger partial charge in [-0.15, -0.1) is 0 Å². The zero-order valence-electron chi connectivity index (χ0n) is 13.8. The fourth-order valence-electron chi connectivity index (χ4n) is 2.94. The fraction of sp³-hybridized carbons (Fsp3) is 0.667. The summed E-state index contributed by atoms with van der Waals surface area (Å²) in [6.07, 6.45) is 2.47. The molecule has 0 fully saturated rings. The molecule has 1 aliphatic rings. The van der Waals surface area contributed by atoms with Gasteiger partial charge in [0.25, 0.3) is 0 Å². The average Bonchev–Trinajstić information content (AvgIpc) is 2.68. The molecule has 0 amide bonds. The van der Waals surface area contributed by atoms with Crippen molar-refractivity contribution in [1.82, 2.24) is 10.2 Å². The third-order valence-corrected chi connectivity index (χ3v) is 4.05. The molecule has 1 aliphatic heterocycles. The standard InChI is InChI=1S/C18H30N2O/c1-4-7-17(13-19-12-15(2)3)20-10-11-21-18-9-6-5-8-16(18)14-20/h5-6,8-9,15,17,19H,4,7,10-14H2,1-3H3. The zero-order valence-corrected chi connectivity index (χ0v) is 13.8. The molecule has 3 nitrogen and oxygen atoms in total. The lowest BCUT2D eigenvalue weighted by molar-refractivity contribution is 0.156. The lowest BCUT2D eigenvalue weighted by Gasteiger charge is -2.30. The largest absolute Gasteiger partial charge is 0.492 e. The minimum atomic E-state index is 0.600. The van der Waals surface area contributed by atoms with E-state index in [0.717, 1.165) is 38.5 Å². The number of benzene rings is 1. The Morgan fingerprint density at radius 2 is 2.05 bits per heavy atom. The lowest BCUT2D eigenvalue weighted by Crippen LogP contribution is -2.43. The number of fused-ring (bicyclic) bond motifs is 1. The van der Waals surface area contributed by atoms with E-state index in [2.05, 4.69) is 55.3 Å². The van der Waals surface area contributed by atoms with Crippen molar-refractivity contribution in [3.05, 3.63) is 29.8 Å². The van der Waals surface area contributed by atoms with Gasteiger partial charge in [0.15, 0.2) is 0 Å². The van der Waals surface area contributed by atoms with Crippen LogP contribution in [-0.4, -0.2) is 37.2 Å². The second kappa shape index (κ2) is 8.40. The van der Waals surface area contributed by atoms with Crippen LogP contribution in [0.5, 0.6) is 5.75 Å². The number of hydrogen-bond donors (Lipinski definition) is 1. The van der Waals surface area contributed by atoms with Gasteiger partial charge in [-0.3, -0.25) is 4.90 Å². The maximum Gasteiger partial charge on any atom is 0.123 e. The van der Waals surface area contributed by atoms with Crippen molar-refractivity contribution in [2.75, 3.05) is 26.2 Å². The van der Waals surface area contributed by atoms with E-state index in [1.54, 1.807) is 0 Å². The van der Waals surface area contributed by atoms with Crippen molar-refractivity contribution in [2.24, 2.45) is 5.92 Å². The van der Waals surface area contributed by atoms with Gasteiger partial charge < -0.3 is 10.1 Å².